The number of ether oxygens (including phenoxy) is 1. The van der Waals surface area contributed by atoms with Crippen molar-refractivity contribution in [2.45, 2.75) is 25.8 Å². The maximum atomic E-state index is 12.7. The van der Waals surface area contributed by atoms with Crippen molar-refractivity contribution < 1.29 is 9.53 Å². The molecular weight excluding hydrogens is 302 g/mol. The Morgan fingerprint density at radius 1 is 1.23 bits per heavy atom. The summed E-state index contributed by atoms with van der Waals surface area (Å²) in [6, 6.07) is 9.32. The van der Waals surface area contributed by atoms with Crippen LogP contribution in [0.1, 0.15) is 25.0 Å². The average molecular weight is 318 g/mol. The number of carbonyl (C=O) groups is 1. The van der Waals surface area contributed by atoms with Crippen LogP contribution in [0.15, 0.2) is 30.3 Å². The molecule has 0 fully saturated rings. The summed E-state index contributed by atoms with van der Waals surface area (Å²) >= 11 is 5.92. The fourth-order valence-corrected chi connectivity index (χ4v) is 2.78. The monoisotopic (exact) mass is 317 g/mol. The lowest BCUT2D eigenvalue weighted by atomic mass is 9.87. The van der Waals surface area contributed by atoms with E-state index in [4.69, 9.17) is 16.3 Å². The summed E-state index contributed by atoms with van der Waals surface area (Å²) in [5.74, 6) is 1.36. The van der Waals surface area contributed by atoms with Crippen LogP contribution in [0.2, 0.25) is 5.15 Å². The molecule has 0 saturated heterocycles. The summed E-state index contributed by atoms with van der Waals surface area (Å²) in [5, 5.41) is 8.28. The Bertz CT molecular complexity index is 729. The number of hydrogen-bond acceptors (Lipinski definition) is 4. The van der Waals surface area contributed by atoms with E-state index in [0.717, 1.165) is 16.9 Å². The molecule has 2 heterocycles. The van der Waals surface area contributed by atoms with E-state index < -0.39 is 5.41 Å². The predicted octanol–water partition coefficient (Wildman–Crippen LogP) is 2.96. The number of methoxy groups -OCH3 is 1. The van der Waals surface area contributed by atoms with Gasteiger partial charge in [-0.15, -0.1) is 10.2 Å². The van der Waals surface area contributed by atoms with Gasteiger partial charge in [0.2, 0.25) is 5.91 Å². The van der Waals surface area contributed by atoms with Gasteiger partial charge in [0, 0.05) is 5.56 Å². The summed E-state index contributed by atoms with van der Waals surface area (Å²) in [5.41, 5.74) is 1.15. The zero-order valence-electron chi connectivity index (χ0n) is 12.6. The van der Waals surface area contributed by atoms with Crippen molar-refractivity contribution in [3.63, 3.8) is 0 Å². The van der Waals surface area contributed by atoms with E-state index in [1.165, 1.54) is 0 Å². The normalized spacial score (nSPS) is 15.8. The van der Waals surface area contributed by atoms with Crippen LogP contribution in [0.4, 0.5) is 5.82 Å². The number of anilines is 1. The lowest BCUT2D eigenvalue weighted by Gasteiger charge is -2.19. The Labute approximate surface area is 133 Å². The standard InChI is InChI=1S/C16H16ClN3O2/c1-16(2)12-8-13(17)18-19-14(12)20(15(16)21)9-10-4-6-11(22-3)7-5-10/h4-8H,9H2,1-3H3. The zero-order valence-corrected chi connectivity index (χ0v) is 13.4. The molecule has 1 aromatic carbocycles. The third-order valence-corrected chi connectivity index (χ3v) is 4.14. The molecule has 0 bridgehead atoms. The van der Waals surface area contributed by atoms with Gasteiger partial charge in [-0.05, 0) is 37.6 Å². The number of rotatable bonds is 3. The highest BCUT2D eigenvalue weighted by Crippen LogP contribution is 2.41. The molecule has 0 unspecified atom stereocenters. The molecule has 1 aliphatic rings. The third kappa shape index (κ3) is 2.31. The second kappa shape index (κ2) is 5.25. The van der Waals surface area contributed by atoms with Crippen molar-refractivity contribution in [3.05, 3.63) is 46.6 Å². The molecule has 1 aromatic heterocycles. The lowest BCUT2D eigenvalue weighted by Crippen LogP contribution is -2.35. The molecule has 22 heavy (non-hydrogen) atoms. The molecule has 2 aromatic rings. The van der Waals surface area contributed by atoms with Crippen molar-refractivity contribution in [3.8, 4) is 5.75 Å². The molecule has 5 nitrogen and oxygen atoms in total. The highest BCUT2D eigenvalue weighted by atomic mass is 35.5. The summed E-state index contributed by atoms with van der Waals surface area (Å²) in [6.45, 7) is 4.19. The first-order valence-corrected chi connectivity index (χ1v) is 7.30. The van der Waals surface area contributed by atoms with E-state index in [0.29, 0.717) is 17.5 Å². The van der Waals surface area contributed by atoms with Gasteiger partial charge in [0.15, 0.2) is 11.0 Å². The first-order chi connectivity index (χ1) is 10.4. The number of halogens is 1. The first-order valence-electron chi connectivity index (χ1n) is 6.92. The summed E-state index contributed by atoms with van der Waals surface area (Å²) in [4.78, 5) is 14.4. The molecule has 1 amide bonds. The maximum Gasteiger partial charge on any atom is 0.238 e. The average Bonchev–Trinajstić information content (AvgIpc) is 2.69. The topological polar surface area (TPSA) is 55.3 Å². The number of amides is 1. The Kier molecular flexibility index (Phi) is 3.53. The van der Waals surface area contributed by atoms with Crippen LogP contribution >= 0.6 is 11.6 Å². The highest BCUT2D eigenvalue weighted by Gasteiger charge is 2.45. The lowest BCUT2D eigenvalue weighted by molar-refractivity contribution is -0.122. The maximum absolute atomic E-state index is 12.7. The molecule has 0 saturated carbocycles. The Hall–Kier alpha value is -2.14. The molecule has 0 spiro atoms. The van der Waals surface area contributed by atoms with E-state index in [1.54, 1.807) is 18.1 Å². The van der Waals surface area contributed by atoms with E-state index in [-0.39, 0.29) is 5.91 Å². The number of fused-ring (bicyclic) bond motifs is 1. The molecule has 114 valence electrons. The van der Waals surface area contributed by atoms with Crippen LogP contribution in [0.25, 0.3) is 0 Å². The minimum Gasteiger partial charge on any atom is -0.497 e. The Morgan fingerprint density at radius 2 is 1.91 bits per heavy atom. The largest absolute Gasteiger partial charge is 0.497 e. The van der Waals surface area contributed by atoms with Gasteiger partial charge in [-0.1, -0.05) is 23.7 Å². The van der Waals surface area contributed by atoms with Crippen molar-refractivity contribution in [2.75, 3.05) is 12.0 Å². The van der Waals surface area contributed by atoms with Gasteiger partial charge in [0.1, 0.15) is 5.75 Å². The predicted molar refractivity (Wildman–Crippen MR) is 84.3 cm³/mol. The highest BCUT2D eigenvalue weighted by molar-refractivity contribution is 6.29. The molecule has 0 radical (unpaired) electrons. The van der Waals surface area contributed by atoms with Crippen molar-refractivity contribution in [2.24, 2.45) is 0 Å². The van der Waals surface area contributed by atoms with Crippen molar-refractivity contribution >= 4 is 23.3 Å². The summed E-state index contributed by atoms with van der Waals surface area (Å²) in [6.07, 6.45) is 0. The number of nitrogens with zero attached hydrogens (tertiary/aromatic N) is 3. The van der Waals surface area contributed by atoms with Gasteiger partial charge < -0.3 is 4.74 Å². The molecule has 3 rings (SSSR count). The molecule has 0 N–H and O–H groups in total. The fourth-order valence-electron chi connectivity index (χ4n) is 2.63. The molecule has 1 aliphatic heterocycles. The number of aromatic nitrogens is 2. The van der Waals surface area contributed by atoms with Gasteiger partial charge in [-0.25, -0.2) is 0 Å². The van der Waals surface area contributed by atoms with Crippen LogP contribution in [0.3, 0.4) is 0 Å². The van der Waals surface area contributed by atoms with E-state index in [1.807, 2.05) is 38.1 Å². The first kappa shape index (κ1) is 14.8. The smallest absolute Gasteiger partial charge is 0.238 e. The fraction of sp³-hybridized carbons (Fsp3) is 0.312. The van der Waals surface area contributed by atoms with Crippen LogP contribution in [-0.4, -0.2) is 23.2 Å². The number of hydrogen-bond donors (Lipinski definition) is 0. The van der Waals surface area contributed by atoms with Gasteiger partial charge >= 0.3 is 0 Å². The van der Waals surface area contributed by atoms with Crippen LogP contribution in [0.5, 0.6) is 5.75 Å². The zero-order chi connectivity index (χ0) is 15.9. The van der Waals surface area contributed by atoms with E-state index >= 15 is 0 Å². The Morgan fingerprint density at radius 3 is 2.55 bits per heavy atom. The Balaban J connectivity index is 1.96. The number of carbonyl (C=O) groups excluding carboxylic acids is 1. The van der Waals surface area contributed by atoms with Crippen LogP contribution in [-0.2, 0) is 16.8 Å². The second-order valence-corrected chi connectivity index (χ2v) is 6.16. The van der Waals surface area contributed by atoms with Crippen molar-refractivity contribution in [1.82, 2.24) is 10.2 Å². The minimum atomic E-state index is -0.651. The molecular formula is C16H16ClN3O2. The van der Waals surface area contributed by atoms with Crippen LogP contribution in [0, 0.1) is 0 Å². The molecule has 0 atom stereocenters. The summed E-state index contributed by atoms with van der Waals surface area (Å²) in [7, 11) is 1.62. The van der Waals surface area contributed by atoms with E-state index in [9.17, 15) is 4.79 Å². The van der Waals surface area contributed by atoms with Gasteiger partial charge in [-0.2, -0.15) is 0 Å². The van der Waals surface area contributed by atoms with Crippen LogP contribution < -0.4 is 9.64 Å². The van der Waals surface area contributed by atoms with Gasteiger partial charge in [0.25, 0.3) is 0 Å². The minimum absolute atomic E-state index is 0.00474. The quantitative estimate of drug-likeness (QED) is 0.873. The molecule has 0 aliphatic carbocycles. The number of benzene rings is 1. The second-order valence-electron chi connectivity index (χ2n) is 5.77. The van der Waals surface area contributed by atoms with Gasteiger partial charge in [-0.3, -0.25) is 9.69 Å². The third-order valence-electron chi connectivity index (χ3n) is 3.95. The van der Waals surface area contributed by atoms with Gasteiger partial charge in [0.05, 0.1) is 19.1 Å². The van der Waals surface area contributed by atoms with E-state index in [2.05, 4.69) is 10.2 Å². The summed E-state index contributed by atoms with van der Waals surface area (Å²) < 4.78 is 5.15. The molecule has 6 heteroatoms. The SMILES string of the molecule is COc1ccc(CN2C(=O)C(C)(C)c3cc(Cl)nnc32)cc1. The van der Waals surface area contributed by atoms with Crippen molar-refractivity contribution in [1.29, 1.82) is 0 Å².